The zero-order valence-corrected chi connectivity index (χ0v) is 12.9. The molecule has 0 spiro atoms. The number of piperidine rings is 1. The molecule has 21 heavy (non-hydrogen) atoms. The van der Waals surface area contributed by atoms with E-state index in [1.165, 1.54) is 26.3 Å². The maximum atomic E-state index is 10.7. The van der Waals surface area contributed by atoms with Crippen molar-refractivity contribution in [3.63, 3.8) is 0 Å². The molecule has 1 aliphatic rings. The van der Waals surface area contributed by atoms with Crippen LogP contribution in [0.3, 0.4) is 0 Å². The molecular formula is C15H25N5O. The van der Waals surface area contributed by atoms with Gasteiger partial charge in [-0.15, -0.1) is 5.10 Å². The van der Waals surface area contributed by atoms with Crippen molar-refractivity contribution in [1.82, 2.24) is 20.4 Å². The van der Waals surface area contributed by atoms with Crippen molar-refractivity contribution >= 4 is 11.7 Å². The normalized spacial score (nSPS) is 19.2. The highest BCUT2D eigenvalue weighted by Crippen LogP contribution is 2.19. The van der Waals surface area contributed by atoms with E-state index >= 15 is 0 Å². The van der Waals surface area contributed by atoms with E-state index < -0.39 is 0 Å². The molecule has 0 bridgehead atoms. The number of hydrogen-bond acceptors (Lipinski definition) is 5. The number of likely N-dealkylation sites (tertiary alicyclic amines) is 1. The second-order valence-corrected chi connectivity index (χ2v) is 5.79. The molecule has 0 radical (unpaired) electrons. The van der Waals surface area contributed by atoms with Gasteiger partial charge < -0.3 is 15.5 Å². The van der Waals surface area contributed by atoms with Crippen molar-refractivity contribution < 1.29 is 4.79 Å². The van der Waals surface area contributed by atoms with Gasteiger partial charge in [-0.1, -0.05) is 0 Å². The molecule has 1 aromatic heterocycles. The van der Waals surface area contributed by atoms with E-state index in [2.05, 4.69) is 32.8 Å². The predicted octanol–water partition coefficient (Wildman–Crippen LogP) is 0.909. The van der Waals surface area contributed by atoms with E-state index in [9.17, 15) is 4.79 Å². The minimum atomic E-state index is -0.0179. The summed E-state index contributed by atoms with van der Waals surface area (Å²) in [7, 11) is 2.18. The molecule has 0 aromatic carbocycles. The van der Waals surface area contributed by atoms with Crippen molar-refractivity contribution in [2.24, 2.45) is 5.92 Å². The minimum Gasteiger partial charge on any atom is -0.367 e. The summed E-state index contributed by atoms with van der Waals surface area (Å²) in [6.07, 6.45) is 3.56. The zero-order chi connectivity index (χ0) is 15.1. The number of hydrogen-bond donors (Lipinski definition) is 2. The van der Waals surface area contributed by atoms with Crippen LogP contribution in [0, 0.1) is 5.92 Å². The van der Waals surface area contributed by atoms with E-state index in [0.29, 0.717) is 19.0 Å². The van der Waals surface area contributed by atoms with Gasteiger partial charge in [-0.25, -0.2) is 0 Å². The average molecular weight is 291 g/mol. The van der Waals surface area contributed by atoms with Gasteiger partial charge in [0.2, 0.25) is 5.91 Å². The Morgan fingerprint density at radius 3 is 2.90 bits per heavy atom. The molecule has 1 fully saturated rings. The van der Waals surface area contributed by atoms with Gasteiger partial charge in [0.25, 0.3) is 0 Å². The summed E-state index contributed by atoms with van der Waals surface area (Å²) in [5, 5.41) is 14.4. The third-order valence-corrected chi connectivity index (χ3v) is 3.74. The van der Waals surface area contributed by atoms with Crippen LogP contribution < -0.4 is 10.6 Å². The van der Waals surface area contributed by atoms with Crippen molar-refractivity contribution in [2.75, 3.05) is 38.5 Å². The summed E-state index contributed by atoms with van der Waals surface area (Å²) in [5.41, 5.74) is 1.06. The third kappa shape index (κ3) is 5.67. The maximum Gasteiger partial charge on any atom is 0.216 e. The second-order valence-electron chi connectivity index (χ2n) is 5.79. The van der Waals surface area contributed by atoms with Gasteiger partial charge in [0.1, 0.15) is 5.82 Å². The fourth-order valence-electron chi connectivity index (χ4n) is 2.73. The van der Waals surface area contributed by atoms with E-state index in [1.54, 1.807) is 0 Å². The molecule has 2 N–H and O–H groups in total. The SMILES string of the molecule is CC(=O)NCCNc1ccc(C[C@H]2CCCN(C)C2)nn1. The van der Waals surface area contributed by atoms with E-state index in [1.807, 2.05) is 12.1 Å². The molecule has 116 valence electrons. The van der Waals surface area contributed by atoms with Crippen molar-refractivity contribution in [3.8, 4) is 0 Å². The Kier molecular flexibility index (Phi) is 5.92. The Hall–Kier alpha value is -1.69. The first kappa shape index (κ1) is 15.7. The summed E-state index contributed by atoms with van der Waals surface area (Å²) in [6, 6.07) is 4.00. The highest BCUT2D eigenvalue weighted by molar-refractivity contribution is 5.72. The molecule has 6 nitrogen and oxygen atoms in total. The Labute approximate surface area is 126 Å². The van der Waals surface area contributed by atoms with E-state index in [0.717, 1.165) is 24.5 Å². The lowest BCUT2D eigenvalue weighted by Gasteiger charge is -2.29. The predicted molar refractivity (Wildman–Crippen MR) is 83.1 cm³/mol. The van der Waals surface area contributed by atoms with Crippen LogP contribution in [-0.2, 0) is 11.2 Å². The Morgan fingerprint density at radius 2 is 2.24 bits per heavy atom. The summed E-state index contributed by atoms with van der Waals surface area (Å²) >= 11 is 0. The van der Waals surface area contributed by atoms with Gasteiger partial charge in [0.15, 0.2) is 0 Å². The summed E-state index contributed by atoms with van der Waals surface area (Å²) in [4.78, 5) is 13.1. The van der Waals surface area contributed by atoms with Crippen LogP contribution >= 0.6 is 0 Å². The summed E-state index contributed by atoms with van der Waals surface area (Å²) < 4.78 is 0. The molecule has 6 heteroatoms. The fraction of sp³-hybridized carbons (Fsp3) is 0.667. The van der Waals surface area contributed by atoms with Crippen LogP contribution in [0.2, 0.25) is 0 Å². The number of nitrogens with one attached hydrogen (secondary N) is 2. The van der Waals surface area contributed by atoms with E-state index in [4.69, 9.17) is 0 Å². The number of rotatable bonds is 6. The molecule has 1 atom stereocenters. The molecule has 1 amide bonds. The number of aromatic nitrogens is 2. The van der Waals surface area contributed by atoms with Gasteiger partial charge >= 0.3 is 0 Å². The molecular weight excluding hydrogens is 266 g/mol. The molecule has 2 heterocycles. The quantitative estimate of drug-likeness (QED) is 0.762. The molecule has 0 saturated carbocycles. The van der Waals surface area contributed by atoms with Gasteiger partial charge in [-0.2, -0.15) is 5.10 Å². The largest absolute Gasteiger partial charge is 0.367 e. The van der Waals surface area contributed by atoms with E-state index in [-0.39, 0.29) is 5.91 Å². The van der Waals surface area contributed by atoms with Crippen LogP contribution in [-0.4, -0.2) is 54.2 Å². The summed E-state index contributed by atoms with van der Waals surface area (Å²) in [6.45, 7) is 5.11. The van der Waals surface area contributed by atoms with Crippen LogP contribution in [0.5, 0.6) is 0 Å². The van der Waals surface area contributed by atoms with Crippen LogP contribution in [0.4, 0.5) is 5.82 Å². The Morgan fingerprint density at radius 1 is 1.38 bits per heavy atom. The number of carbonyl (C=O) groups is 1. The standard InChI is InChI=1S/C15H25N5O/c1-12(21)16-7-8-17-15-6-5-14(18-19-15)10-13-4-3-9-20(2)11-13/h5-6,13H,3-4,7-11H2,1-2H3,(H,16,21)(H,17,19)/t13-/m1/s1. The molecule has 1 aliphatic heterocycles. The van der Waals surface area contributed by atoms with Gasteiger partial charge in [-0.05, 0) is 50.9 Å². The lowest BCUT2D eigenvalue weighted by atomic mass is 9.94. The average Bonchev–Trinajstić information content (AvgIpc) is 2.45. The number of anilines is 1. The first-order valence-electron chi connectivity index (χ1n) is 7.63. The Bertz CT molecular complexity index is 448. The molecule has 0 aliphatic carbocycles. The number of carbonyl (C=O) groups excluding carboxylic acids is 1. The zero-order valence-electron chi connectivity index (χ0n) is 12.9. The number of nitrogens with zero attached hydrogens (tertiary/aromatic N) is 3. The van der Waals surface area contributed by atoms with Crippen molar-refractivity contribution in [2.45, 2.75) is 26.2 Å². The number of amides is 1. The van der Waals surface area contributed by atoms with Gasteiger partial charge in [0.05, 0.1) is 5.69 Å². The highest BCUT2D eigenvalue weighted by Gasteiger charge is 2.18. The molecule has 1 saturated heterocycles. The highest BCUT2D eigenvalue weighted by atomic mass is 16.1. The first-order chi connectivity index (χ1) is 10.1. The van der Waals surface area contributed by atoms with Crippen molar-refractivity contribution in [1.29, 1.82) is 0 Å². The van der Waals surface area contributed by atoms with Crippen molar-refractivity contribution in [3.05, 3.63) is 17.8 Å². The van der Waals surface area contributed by atoms with Crippen LogP contribution in [0.15, 0.2) is 12.1 Å². The minimum absolute atomic E-state index is 0.0179. The second kappa shape index (κ2) is 7.93. The summed E-state index contributed by atoms with van der Waals surface area (Å²) in [5.74, 6) is 1.43. The lowest BCUT2D eigenvalue weighted by Crippen LogP contribution is -2.33. The lowest BCUT2D eigenvalue weighted by molar-refractivity contribution is -0.118. The fourth-order valence-corrected chi connectivity index (χ4v) is 2.73. The van der Waals surface area contributed by atoms with Gasteiger partial charge in [-0.3, -0.25) is 4.79 Å². The topological polar surface area (TPSA) is 70.2 Å². The van der Waals surface area contributed by atoms with Crippen LogP contribution in [0.25, 0.3) is 0 Å². The first-order valence-corrected chi connectivity index (χ1v) is 7.63. The molecule has 2 rings (SSSR count). The third-order valence-electron chi connectivity index (χ3n) is 3.74. The molecule has 1 aromatic rings. The maximum absolute atomic E-state index is 10.7. The monoisotopic (exact) mass is 291 g/mol. The van der Waals surface area contributed by atoms with Gasteiger partial charge in [0, 0.05) is 26.6 Å². The smallest absolute Gasteiger partial charge is 0.216 e. The Balaban J connectivity index is 1.75. The molecule has 0 unspecified atom stereocenters. The van der Waals surface area contributed by atoms with Crippen LogP contribution in [0.1, 0.15) is 25.5 Å².